The first kappa shape index (κ1) is 25.5. The van der Waals surface area contributed by atoms with Crippen molar-refractivity contribution in [3.05, 3.63) is 90.5 Å². The molecule has 3 aliphatic heterocycles. The number of nitrogens with one attached hydrogen (secondary N) is 2. The lowest BCUT2D eigenvalue weighted by Gasteiger charge is -2.25. The van der Waals surface area contributed by atoms with Crippen LogP contribution in [0.2, 0.25) is 0 Å². The molecule has 2 atom stereocenters. The molecule has 3 aromatic heterocycles. The summed E-state index contributed by atoms with van der Waals surface area (Å²) in [6, 6.07) is 12.4. The number of pyridine rings is 1. The van der Waals surface area contributed by atoms with Gasteiger partial charge in [0.15, 0.2) is 5.82 Å². The predicted molar refractivity (Wildman–Crippen MR) is 158 cm³/mol. The highest BCUT2D eigenvalue weighted by Crippen LogP contribution is 2.31. The third-order valence-electron chi connectivity index (χ3n) is 8.26. The summed E-state index contributed by atoms with van der Waals surface area (Å²) in [5.74, 6) is 1.82. The first-order chi connectivity index (χ1) is 20.2. The topological polar surface area (TPSA) is 112 Å². The SMILES string of the molecule is O=C(Cc1cccnc1)N1CCC[C@H]1C1=NC=C(c2cnc(-c3ccc(-c4cnc([C@@H]5CCCN5)[nH]4)cc3)nc2)C1. The average molecular weight is 545 g/mol. The minimum Gasteiger partial charge on any atom is -0.341 e. The molecule has 0 saturated carbocycles. The summed E-state index contributed by atoms with van der Waals surface area (Å²) in [5, 5.41) is 3.48. The lowest BCUT2D eigenvalue weighted by atomic mass is 10.00. The predicted octanol–water partition coefficient (Wildman–Crippen LogP) is 4.77. The number of imidazole rings is 1. The van der Waals surface area contributed by atoms with Crippen LogP contribution in [0.15, 0.2) is 78.6 Å². The van der Waals surface area contributed by atoms with Crippen LogP contribution in [0.3, 0.4) is 0 Å². The van der Waals surface area contributed by atoms with Crippen LogP contribution in [-0.2, 0) is 11.2 Å². The summed E-state index contributed by atoms with van der Waals surface area (Å²) in [5.41, 5.74) is 7.09. The van der Waals surface area contributed by atoms with E-state index in [1.165, 1.54) is 6.42 Å². The number of hydrogen-bond acceptors (Lipinski definition) is 7. The van der Waals surface area contributed by atoms with Gasteiger partial charge in [0.05, 0.1) is 30.4 Å². The Balaban J connectivity index is 0.980. The van der Waals surface area contributed by atoms with Crippen molar-refractivity contribution >= 4 is 17.2 Å². The van der Waals surface area contributed by atoms with Crippen molar-refractivity contribution in [3.63, 3.8) is 0 Å². The minimum atomic E-state index is 0.0482. The molecule has 0 radical (unpaired) electrons. The van der Waals surface area contributed by atoms with E-state index in [-0.39, 0.29) is 11.9 Å². The molecule has 4 aromatic rings. The van der Waals surface area contributed by atoms with Gasteiger partial charge in [-0.1, -0.05) is 30.3 Å². The van der Waals surface area contributed by atoms with E-state index in [4.69, 9.17) is 4.99 Å². The van der Waals surface area contributed by atoms with E-state index in [2.05, 4.69) is 42.4 Å². The molecule has 206 valence electrons. The van der Waals surface area contributed by atoms with Gasteiger partial charge in [-0.2, -0.15) is 0 Å². The largest absolute Gasteiger partial charge is 0.341 e. The molecule has 1 aromatic carbocycles. The molecule has 9 heteroatoms. The maximum atomic E-state index is 13.1. The van der Waals surface area contributed by atoms with Gasteiger partial charge in [-0.05, 0) is 55.0 Å². The van der Waals surface area contributed by atoms with Crippen LogP contribution in [0, 0.1) is 0 Å². The highest BCUT2D eigenvalue weighted by molar-refractivity contribution is 6.03. The lowest BCUT2D eigenvalue weighted by molar-refractivity contribution is -0.130. The van der Waals surface area contributed by atoms with E-state index >= 15 is 0 Å². The number of aromatic amines is 1. The number of allylic oxidation sites excluding steroid dienone is 1. The number of carbonyl (C=O) groups is 1. The van der Waals surface area contributed by atoms with Crippen LogP contribution >= 0.6 is 0 Å². The Hall–Kier alpha value is -4.50. The van der Waals surface area contributed by atoms with Crippen molar-refractivity contribution < 1.29 is 4.79 Å². The third kappa shape index (κ3) is 5.32. The standard InChI is InChI=1S/C32H32N8O/c41-30(14-21-4-1-11-33-16-21)40-13-3-6-29(40)27-15-24(17-35-27)25-18-36-31(37-19-25)23-9-7-22(8-10-23)28-20-38-32(39-28)26-5-2-12-34-26/h1,4,7-11,16-20,26,29,34H,2-3,5-6,12-15H2,(H,38,39)/t26-,29-/m0/s1. The molecule has 0 aliphatic carbocycles. The molecule has 2 N–H and O–H groups in total. The van der Waals surface area contributed by atoms with E-state index in [1.54, 1.807) is 12.4 Å². The number of nitrogens with zero attached hydrogens (tertiary/aromatic N) is 6. The van der Waals surface area contributed by atoms with Crippen molar-refractivity contribution in [2.24, 2.45) is 4.99 Å². The number of benzene rings is 1. The molecular weight excluding hydrogens is 512 g/mol. The quantitative estimate of drug-likeness (QED) is 0.347. The zero-order valence-corrected chi connectivity index (χ0v) is 22.8. The van der Waals surface area contributed by atoms with Crippen molar-refractivity contribution in [2.45, 2.75) is 50.6 Å². The second kappa shape index (κ2) is 11.2. The molecule has 41 heavy (non-hydrogen) atoms. The van der Waals surface area contributed by atoms with E-state index < -0.39 is 0 Å². The lowest BCUT2D eigenvalue weighted by Crippen LogP contribution is -2.41. The van der Waals surface area contributed by atoms with Crippen molar-refractivity contribution in [1.29, 1.82) is 0 Å². The summed E-state index contributed by atoms with van der Waals surface area (Å²) in [4.78, 5) is 41.3. The highest BCUT2D eigenvalue weighted by Gasteiger charge is 2.33. The number of carbonyl (C=O) groups excluding carboxylic acids is 1. The van der Waals surface area contributed by atoms with Crippen LogP contribution in [0.5, 0.6) is 0 Å². The number of rotatable bonds is 7. The number of likely N-dealkylation sites (tertiary alicyclic amines) is 1. The Kier molecular flexibility index (Phi) is 6.94. The summed E-state index contributed by atoms with van der Waals surface area (Å²) in [7, 11) is 0. The molecule has 7 rings (SSSR count). The molecular formula is C32H32N8O. The van der Waals surface area contributed by atoms with Crippen molar-refractivity contribution in [3.8, 4) is 22.6 Å². The Morgan fingerprint density at radius 1 is 0.927 bits per heavy atom. The van der Waals surface area contributed by atoms with Gasteiger partial charge >= 0.3 is 0 Å². The van der Waals surface area contributed by atoms with Crippen LogP contribution in [0.1, 0.15) is 55.1 Å². The zero-order chi connectivity index (χ0) is 27.6. The number of hydrogen-bond donors (Lipinski definition) is 2. The fourth-order valence-electron chi connectivity index (χ4n) is 6.04. The van der Waals surface area contributed by atoms with Gasteiger partial charge in [-0.15, -0.1) is 0 Å². The van der Waals surface area contributed by atoms with Gasteiger partial charge in [-0.25, -0.2) is 15.0 Å². The number of aliphatic imine (C=N–C) groups is 1. The number of amides is 1. The Morgan fingerprint density at radius 3 is 2.56 bits per heavy atom. The van der Waals surface area contributed by atoms with E-state index in [0.29, 0.717) is 24.7 Å². The molecule has 0 unspecified atom stereocenters. The normalized spacial score (nSPS) is 20.3. The zero-order valence-electron chi connectivity index (χ0n) is 22.8. The van der Waals surface area contributed by atoms with Gasteiger partial charge in [-0.3, -0.25) is 14.8 Å². The first-order valence-electron chi connectivity index (χ1n) is 14.4. The van der Waals surface area contributed by atoms with Crippen molar-refractivity contribution in [1.82, 2.24) is 35.1 Å². The van der Waals surface area contributed by atoms with Crippen LogP contribution in [0.4, 0.5) is 0 Å². The van der Waals surface area contributed by atoms with Gasteiger partial charge < -0.3 is 15.2 Å². The molecule has 9 nitrogen and oxygen atoms in total. The molecule has 2 fully saturated rings. The van der Waals surface area contributed by atoms with Crippen LogP contribution in [-0.4, -0.2) is 60.6 Å². The van der Waals surface area contributed by atoms with Gasteiger partial charge in [0.2, 0.25) is 5.91 Å². The molecule has 6 heterocycles. The van der Waals surface area contributed by atoms with E-state index in [1.807, 2.05) is 54.0 Å². The number of aromatic nitrogens is 5. The smallest absolute Gasteiger partial charge is 0.227 e. The second-order valence-corrected chi connectivity index (χ2v) is 10.9. The second-order valence-electron chi connectivity index (χ2n) is 10.9. The minimum absolute atomic E-state index is 0.0482. The highest BCUT2D eigenvalue weighted by atomic mass is 16.2. The van der Waals surface area contributed by atoms with Crippen molar-refractivity contribution in [2.75, 3.05) is 13.1 Å². The van der Waals surface area contributed by atoms with Gasteiger partial charge in [0.1, 0.15) is 5.82 Å². The summed E-state index contributed by atoms with van der Waals surface area (Å²) in [6.07, 6.45) is 16.4. The van der Waals surface area contributed by atoms with Crippen LogP contribution in [0.25, 0.3) is 28.2 Å². The average Bonchev–Trinajstić information content (AvgIpc) is 3.84. The summed E-state index contributed by atoms with van der Waals surface area (Å²) in [6.45, 7) is 1.82. The number of H-pyrrole nitrogens is 1. The Bertz CT molecular complexity index is 1580. The molecule has 0 spiro atoms. The van der Waals surface area contributed by atoms with Gasteiger partial charge in [0, 0.05) is 60.8 Å². The third-order valence-corrected chi connectivity index (χ3v) is 8.26. The fourth-order valence-corrected chi connectivity index (χ4v) is 6.04. The monoisotopic (exact) mass is 544 g/mol. The van der Waals surface area contributed by atoms with E-state index in [9.17, 15) is 4.79 Å². The first-order valence-corrected chi connectivity index (χ1v) is 14.4. The molecule has 3 aliphatic rings. The summed E-state index contributed by atoms with van der Waals surface area (Å²) < 4.78 is 0. The Labute approximate surface area is 238 Å². The maximum absolute atomic E-state index is 13.1. The Morgan fingerprint density at radius 2 is 1.78 bits per heavy atom. The molecule has 0 bridgehead atoms. The molecule has 1 amide bonds. The van der Waals surface area contributed by atoms with Crippen LogP contribution < -0.4 is 5.32 Å². The summed E-state index contributed by atoms with van der Waals surface area (Å²) >= 11 is 0. The molecule has 2 saturated heterocycles. The fraction of sp³-hybridized carbons (Fsp3) is 0.312. The van der Waals surface area contributed by atoms with E-state index in [0.717, 1.165) is 77.4 Å². The maximum Gasteiger partial charge on any atom is 0.227 e. The van der Waals surface area contributed by atoms with Gasteiger partial charge in [0.25, 0.3) is 0 Å².